The summed E-state index contributed by atoms with van der Waals surface area (Å²) in [6, 6.07) is 9.31. The predicted octanol–water partition coefficient (Wildman–Crippen LogP) is 2.99. The Morgan fingerprint density at radius 3 is 2.54 bits per heavy atom. The van der Waals surface area contributed by atoms with Crippen LogP contribution >= 0.6 is 9.24 Å². The van der Waals surface area contributed by atoms with E-state index in [0.717, 1.165) is 24.8 Å². The number of carbonyl (C=O) groups excluding carboxylic acids is 3. The molecule has 1 aromatic rings. The van der Waals surface area contributed by atoms with Crippen LogP contribution in [0, 0.1) is 11.3 Å². The minimum atomic E-state index is -0.554. The first-order chi connectivity index (χ1) is 13.4. The highest BCUT2D eigenvalue weighted by atomic mass is 31.0. The van der Waals surface area contributed by atoms with E-state index in [1.165, 1.54) is 4.90 Å². The summed E-state index contributed by atoms with van der Waals surface area (Å²) in [4.78, 5) is 40.1. The van der Waals surface area contributed by atoms with Gasteiger partial charge in [-0.3, -0.25) is 4.79 Å². The quantitative estimate of drug-likeness (QED) is 0.724. The van der Waals surface area contributed by atoms with Gasteiger partial charge in [-0.2, -0.15) is 0 Å². The van der Waals surface area contributed by atoms with Crippen LogP contribution in [0.4, 0.5) is 9.59 Å². The van der Waals surface area contributed by atoms with Gasteiger partial charge in [0.1, 0.15) is 12.5 Å². The molecule has 28 heavy (non-hydrogen) atoms. The van der Waals surface area contributed by atoms with Crippen molar-refractivity contribution in [3.8, 4) is 0 Å². The third-order valence-corrected chi connectivity index (χ3v) is 6.96. The highest BCUT2D eigenvalue weighted by Crippen LogP contribution is 2.60. The third kappa shape index (κ3) is 3.48. The Hall–Kier alpha value is -2.14. The van der Waals surface area contributed by atoms with E-state index in [1.54, 1.807) is 4.90 Å². The summed E-state index contributed by atoms with van der Waals surface area (Å²) in [5.41, 5.74) is 0.864. The fourth-order valence-corrected chi connectivity index (χ4v) is 4.53. The summed E-state index contributed by atoms with van der Waals surface area (Å²) in [5, 5.41) is 0. The topological polar surface area (TPSA) is 76.2 Å². The molecule has 1 saturated carbocycles. The van der Waals surface area contributed by atoms with Crippen molar-refractivity contribution >= 4 is 27.3 Å². The van der Waals surface area contributed by atoms with E-state index in [4.69, 9.17) is 9.47 Å². The lowest BCUT2D eigenvalue weighted by Crippen LogP contribution is -2.43. The van der Waals surface area contributed by atoms with Gasteiger partial charge in [-0.25, -0.2) is 14.5 Å². The van der Waals surface area contributed by atoms with Gasteiger partial charge in [0, 0.05) is 19.0 Å². The van der Waals surface area contributed by atoms with Crippen LogP contribution in [0.15, 0.2) is 30.3 Å². The Balaban J connectivity index is 1.28. The molecule has 0 aromatic heterocycles. The van der Waals surface area contributed by atoms with Crippen LogP contribution < -0.4 is 0 Å². The minimum Gasteiger partial charge on any atom is -0.445 e. The normalized spacial score (nSPS) is 28.2. The number of nitrogens with zero attached hydrogens (tertiary/aromatic N) is 2. The maximum absolute atomic E-state index is 12.8. The maximum atomic E-state index is 12.8. The smallest absolute Gasteiger partial charge is 0.417 e. The first-order valence-electron chi connectivity index (χ1n) is 9.66. The number of hydrogen-bond donors (Lipinski definition) is 0. The summed E-state index contributed by atoms with van der Waals surface area (Å²) >= 11 is 0. The molecule has 1 aliphatic carbocycles. The van der Waals surface area contributed by atoms with E-state index >= 15 is 0 Å². The lowest BCUT2D eigenvalue weighted by Gasteiger charge is -2.32. The number of ether oxygens (including phenoxy) is 2. The van der Waals surface area contributed by atoms with Crippen LogP contribution in [-0.4, -0.2) is 52.9 Å². The number of piperidine rings is 1. The lowest BCUT2D eigenvalue weighted by molar-refractivity contribution is -0.131. The van der Waals surface area contributed by atoms with Gasteiger partial charge in [-0.15, -0.1) is 0 Å². The summed E-state index contributed by atoms with van der Waals surface area (Å²) in [5.74, 6) is -0.643. The van der Waals surface area contributed by atoms with Gasteiger partial charge in [-0.1, -0.05) is 39.6 Å². The summed E-state index contributed by atoms with van der Waals surface area (Å²) in [6.07, 6.45) is 1.42. The molecule has 3 aliphatic rings. The van der Waals surface area contributed by atoms with Gasteiger partial charge < -0.3 is 14.4 Å². The van der Waals surface area contributed by atoms with Crippen molar-refractivity contribution in [3.05, 3.63) is 35.9 Å². The lowest BCUT2D eigenvalue weighted by atomic mass is 9.90. The second-order valence-corrected chi connectivity index (χ2v) is 8.60. The van der Waals surface area contributed by atoms with Gasteiger partial charge in [0.05, 0.1) is 6.04 Å². The molecule has 0 radical (unpaired) electrons. The maximum Gasteiger partial charge on any atom is 0.417 e. The number of amides is 3. The van der Waals surface area contributed by atoms with Crippen LogP contribution in [0.5, 0.6) is 0 Å². The molecular formula is C20H25N2O5P. The van der Waals surface area contributed by atoms with Crippen molar-refractivity contribution < 1.29 is 23.9 Å². The molecule has 1 unspecified atom stereocenters. The Morgan fingerprint density at radius 1 is 1.25 bits per heavy atom. The standard InChI is InChI=1S/C20H25N2O5P/c1-13-17(28)27-19(25)22(13)16(23)15-11-20(15)7-9-21(10-8-20)18(24)26-12-14-5-3-2-4-6-14/h2-6,13,15,17H,7-12,28H2,1H3/t13-,15-,17+/m0/s1. The zero-order chi connectivity index (χ0) is 19.9. The highest BCUT2D eigenvalue weighted by molar-refractivity contribution is 7.17. The van der Waals surface area contributed by atoms with Crippen LogP contribution in [0.3, 0.4) is 0 Å². The van der Waals surface area contributed by atoms with Crippen LogP contribution in [0.2, 0.25) is 0 Å². The number of cyclic esters (lactones) is 1. The molecular weight excluding hydrogens is 379 g/mol. The predicted molar refractivity (Wildman–Crippen MR) is 104 cm³/mol. The van der Waals surface area contributed by atoms with Gasteiger partial charge in [-0.05, 0) is 37.2 Å². The second-order valence-electron chi connectivity index (χ2n) is 7.94. The van der Waals surface area contributed by atoms with E-state index in [9.17, 15) is 14.4 Å². The molecule has 3 amide bonds. The van der Waals surface area contributed by atoms with E-state index in [2.05, 4.69) is 9.24 Å². The van der Waals surface area contributed by atoms with Gasteiger partial charge in [0.15, 0.2) is 0 Å². The summed E-state index contributed by atoms with van der Waals surface area (Å²) in [6.45, 7) is 3.22. The molecule has 4 rings (SSSR count). The van der Waals surface area contributed by atoms with Crippen molar-refractivity contribution in [2.75, 3.05) is 13.1 Å². The molecule has 7 nitrogen and oxygen atoms in total. The molecule has 2 saturated heterocycles. The SMILES string of the molecule is C[C@H]1[C@@H](P)OC(=O)N1C(=O)[C@@H]1CC12CCN(C(=O)OCc1ccccc1)CC2. The molecule has 2 heterocycles. The molecule has 3 fully saturated rings. The van der Waals surface area contributed by atoms with Crippen LogP contribution in [-0.2, 0) is 20.9 Å². The number of hydrogen-bond acceptors (Lipinski definition) is 5. The Bertz CT molecular complexity index is 778. The summed E-state index contributed by atoms with van der Waals surface area (Å²) < 4.78 is 10.5. The van der Waals surface area contributed by atoms with Crippen molar-refractivity contribution in [1.82, 2.24) is 9.80 Å². The third-order valence-electron chi connectivity index (χ3n) is 6.26. The van der Waals surface area contributed by atoms with Crippen LogP contribution in [0.1, 0.15) is 31.7 Å². The molecule has 1 aromatic carbocycles. The van der Waals surface area contributed by atoms with E-state index in [0.29, 0.717) is 13.1 Å². The number of rotatable bonds is 3. The zero-order valence-electron chi connectivity index (χ0n) is 15.9. The van der Waals surface area contributed by atoms with Gasteiger partial charge in [0.25, 0.3) is 0 Å². The van der Waals surface area contributed by atoms with Gasteiger partial charge >= 0.3 is 12.2 Å². The van der Waals surface area contributed by atoms with E-state index in [-0.39, 0.29) is 41.8 Å². The number of likely N-dealkylation sites (tertiary alicyclic amines) is 1. The number of carbonyl (C=O) groups is 3. The van der Waals surface area contributed by atoms with Crippen molar-refractivity contribution in [1.29, 1.82) is 0 Å². The number of imide groups is 1. The second kappa shape index (κ2) is 7.36. The molecule has 0 N–H and O–H groups in total. The number of benzene rings is 1. The Kier molecular flexibility index (Phi) is 5.04. The first-order valence-corrected chi connectivity index (χ1v) is 10.3. The average molecular weight is 404 g/mol. The Labute approximate surface area is 166 Å². The minimum absolute atomic E-state index is 0.0910. The molecule has 2 aliphatic heterocycles. The fourth-order valence-electron chi connectivity index (χ4n) is 4.24. The molecule has 150 valence electrons. The molecule has 4 atom stereocenters. The van der Waals surface area contributed by atoms with E-state index in [1.807, 2.05) is 37.3 Å². The zero-order valence-corrected chi connectivity index (χ0v) is 17.0. The average Bonchev–Trinajstić information content (AvgIpc) is 3.33. The van der Waals surface area contributed by atoms with Crippen molar-refractivity contribution in [2.24, 2.45) is 11.3 Å². The monoisotopic (exact) mass is 404 g/mol. The highest BCUT2D eigenvalue weighted by Gasteiger charge is 2.61. The largest absolute Gasteiger partial charge is 0.445 e. The molecule has 0 bridgehead atoms. The van der Waals surface area contributed by atoms with Crippen molar-refractivity contribution in [2.45, 2.75) is 44.7 Å². The molecule has 8 heteroatoms. The van der Waals surface area contributed by atoms with Gasteiger partial charge in [0.2, 0.25) is 5.91 Å². The Morgan fingerprint density at radius 2 is 1.93 bits per heavy atom. The van der Waals surface area contributed by atoms with Crippen LogP contribution in [0.25, 0.3) is 0 Å². The first kappa shape index (κ1) is 19.2. The van der Waals surface area contributed by atoms with Crippen molar-refractivity contribution in [3.63, 3.8) is 0 Å². The summed E-state index contributed by atoms with van der Waals surface area (Å²) in [7, 11) is 2.46. The fraction of sp³-hybridized carbons (Fsp3) is 0.550. The van der Waals surface area contributed by atoms with E-state index < -0.39 is 6.09 Å². The molecule has 1 spiro atoms.